The van der Waals surface area contributed by atoms with Gasteiger partial charge in [0.15, 0.2) is 5.69 Å². The molecule has 0 aliphatic carbocycles. The van der Waals surface area contributed by atoms with Crippen LogP contribution in [0, 0.1) is 0 Å². The zero-order valence-corrected chi connectivity index (χ0v) is 15.2. The van der Waals surface area contributed by atoms with Gasteiger partial charge in [-0.15, -0.1) is 16.4 Å². The predicted molar refractivity (Wildman–Crippen MR) is 98.3 cm³/mol. The third-order valence-corrected chi connectivity index (χ3v) is 4.46. The molecule has 3 aromatic rings. The van der Waals surface area contributed by atoms with Crippen molar-refractivity contribution in [1.29, 1.82) is 0 Å². The first-order valence-corrected chi connectivity index (χ1v) is 9.23. The topological polar surface area (TPSA) is 74.2 Å². The SMILES string of the molecule is CCOC(=O)c1csc(CCc2ccc(OCc3ccccc3)nn2)n1. The van der Waals surface area contributed by atoms with Gasteiger partial charge in [0.2, 0.25) is 5.88 Å². The van der Waals surface area contributed by atoms with Crippen molar-refractivity contribution in [2.45, 2.75) is 26.4 Å². The maximum Gasteiger partial charge on any atom is 0.357 e. The summed E-state index contributed by atoms with van der Waals surface area (Å²) < 4.78 is 10.6. The highest BCUT2D eigenvalue weighted by molar-refractivity contribution is 7.09. The van der Waals surface area contributed by atoms with E-state index in [1.54, 1.807) is 12.3 Å². The van der Waals surface area contributed by atoms with E-state index in [1.807, 2.05) is 42.5 Å². The van der Waals surface area contributed by atoms with E-state index in [2.05, 4.69) is 15.2 Å². The Labute approximate surface area is 155 Å². The molecule has 2 aromatic heterocycles. The first-order valence-electron chi connectivity index (χ1n) is 8.35. The number of esters is 1. The highest BCUT2D eigenvalue weighted by Gasteiger charge is 2.11. The molecule has 7 heteroatoms. The lowest BCUT2D eigenvalue weighted by Crippen LogP contribution is -2.05. The second-order valence-electron chi connectivity index (χ2n) is 5.48. The summed E-state index contributed by atoms with van der Waals surface area (Å²) in [6.45, 7) is 2.58. The minimum Gasteiger partial charge on any atom is -0.472 e. The monoisotopic (exact) mass is 369 g/mol. The summed E-state index contributed by atoms with van der Waals surface area (Å²) >= 11 is 1.45. The maximum absolute atomic E-state index is 11.6. The van der Waals surface area contributed by atoms with E-state index in [-0.39, 0.29) is 5.97 Å². The predicted octanol–water partition coefficient (Wildman–Crippen LogP) is 3.47. The summed E-state index contributed by atoms with van der Waals surface area (Å²) in [5, 5.41) is 10.9. The zero-order valence-electron chi connectivity index (χ0n) is 14.4. The van der Waals surface area contributed by atoms with Crippen LogP contribution >= 0.6 is 11.3 Å². The van der Waals surface area contributed by atoms with E-state index in [4.69, 9.17) is 9.47 Å². The van der Waals surface area contributed by atoms with Gasteiger partial charge < -0.3 is 9.47 Å². The molecule has 0 aliphatic heterocycles. The summed E-state index contributed by atoms with van der Waals surface area (Å²) in [6, 6.07) is 13.6. The Balaban J connectivity index is 1.49. The van der Waals surface area contributed by atoms with E-state index in [9.17, 15) is 4.79 Å². The lowest BCUT2D eigenvalue weighted by atomic mass is 10.2. The van der Waals surface area contributed by atoms with Crippen molar-refractivity contribution >= 4 is 17.3 Å². The van der Waals surface area contributed by atoms with Crippen molar-refractivity contribution in [3.8, 4) is 5.88 Å². The Morgan fingerprint density at radius 2 is 1.92 bits per heavy atom. The molecule has 2 heterocycles. The molecule has 1 aromatic carbocycles. The summed E-state index contributed by atoms with van der Waals surface area (Å²) in [5.41, 5.74) is 2.30. The lowest BCUT2D eigenvalue weighted by Gasteiger charge is -2.05. The van der Waals surface area contributed by atoms with Crippen molar-refractivity contribution < 1.29 is 14.3 Å². The van der Waals surface area contributed by atoms with Crippen LogP contribution in [0.5, 0.6) is 5.88 Å². The van der Waals surface area contributed by atoms with Crippen LogP contribution in [-0.4, -0.2) is 27.8 Å². The van der Waals surface area contributed by atoms with Gasteiger partial charge in [0.25, 0.3) is 0 Å². The van der Waals surface area contributed by atoms with Gasteiger partial charge in [0.1, 0.15) is 6.61 Å². The number of nitrogens with zero attached hydrogens (tertiary/aromatic N) is 3. The highest BCUT2D eigenvalue weighted by atomic mass is 32.1. The first kappa shape index (κ1) is 18.0. The molecule has 0 atom stereocenters. The second-order valence-corrected chi connectivity index (χ2v) is 6.43. The number of hydrogen-bond acceptors (Lipinski definition) is 7. The molecule has 26 heavy (non-hydrogen) atoms. The molecular formula is C19H19N3O3S. The summed E-state index contributed by atoms with van der Waals surface area (Å²) in [7, 11) is 0. The molecule has 0 radical (unpaired) electrons. The van der Waals surface area contributed by atoms with E-state index >= 15 is 0 Å². The molecular weight excluding hydrogens is 350 g/mol. The number of carbonyl (C=O) groups excluding carboxylic acids is 1. The fourth-order valence-corrected chi connectivity index (χ4v) is 3.02. The third kappa shape index (κ3) is 5.10. The van der Waals surface area contributed by atoms with E-state index in [0.29, 0.717) is 37.6 Å². The van der Waals surface area contributed by atoms with Crippen molar-refractivity contribution in [2.24, 2.45) is 0 Å². The lowest BCUT2D eigenvalue weighted by molar-refractivity contribution is 0.0520. The molecule has 3 rings (SSSR count). The number of aromatic nitrogens is 3. The molecule has 0 N–H and O–H groups in total. The van der Waals surface area contributed by atoms with Crippen LogP contribution in [0.15, 0.2) is 47.8 Å². The molecule has 0 saturated carbocycles. The molecule has 134 valence electrons. The van der Waals surface area contributed by atoms with Crippen LogP contribution < -0.4 is 4.74 Å². The first-order chi connectivity index (χ1) is 12.7. The summed E-state index contributed by atoms with van der Waals surface area (Å²) in [6.07, 6.45) is 1.39. The van der Waals surface area contributed by atoms with Crippen LogP contribution in [0.4, 0.5) is 0 Å². The van der Waals surface area contributed by atoms with Crippen LogP contribution in [0.25, 0.3) is 0 Å². The fourth-order valence-electron chi connectivity index (χ4n) is 2.25. The Morgan fingerprint density at radius 1 is 1.08 bits per heavy atom. The smallest absolute Gasteiger partial charge is 0.357 e. The summed E-state index contributed by atoms with van der Waals surface area (Å²) in [4.78, 5) is 15.9. The molecule has 6 nitrogen and oxygen atoms in total. The number of hydrogen-bond donors (Lipinski definition) is 0. The zero-order chi connectivity index (χ0) is 18.2. The minimum atomic E-state index is -0.380. The van der Waals surface area contributed by atoms with Gasteiger partial charge in [-0.05, 0) is 25.0 Å². The van der Waals surface area contributed by atoms with Gasteiger partial charge in [0.05, 0.1) is 17.3 Å². The number of aryl methyl sites for hydroxylation is 2. The van der Waals surface area contributed by atoms with Gasteiger partial charge in [-0.3, -0.25) is 0 Å². The van der Waals surface area contributed by atoms with Crippen LogP contribution in [0.2, 0.25) is 0 Å². The Kier molecular flexibility index (Phi) is 6.27. The van der Waals surface area contributed by atoms with Gasteiger partial charge >= 0.3 is 5.97 Å². The molecule has 0 saturated heterocycles. The maximum atomic E-state index is 11.6. The minimum absolute atomic E-state index is 0.347. The molecule has 0 bridgehead atoms. The van der Waals surface area contributed by atoms with Crippen molar-refractivity contribution in [1.82, 2.24) is 15.2 Å². The molecule has 0 unspecified atom stereocenters. The Bertz CT molecular complexity index is 835. The van der Waals surface area contributed by atoms with E-state index in [1.165, 1.54) is 11.3 Å². The molecule has 0 fully saturated rings. The number of thiazole rings is 1. The number of rotatable bonds is 8. The molecule has 0 amide bonds. The standard InChI is InChI=1S/C19H19N3O3S/c1-2-24-19(23)16-13-26-18(20-16)11-9-15-8-10-17(22-21-15)25-12-14-6-4-3-5-7-14/h3-8,10,13H,2,9,11-12H2,1H3. The Hall–Kier alpha value is -2.80. The molecule has 0 spiro atoms. The van der Waals surface area contributed by atoms with Crippen molar-refractivity contribution in [2.75, 3.05) is 6.61 Å². The van der Waals surface area contributed by atoms with Crippen LogP contribution in [0.1, 0.15) is 33.7 Å². The van der Waals surface area contributed by atoms with Gasteiger partial charge in [0, 0.05) is 17.9 Å². The Morgan fingerprint density at radius 3 is 2.65 bits per heavy atom. The largest absolute Gasteiger partial charge is 0.472 e. The normalized spacial score (nSPS) is 10.5. The second kappa shape index (κ2) is 9.05. The average molecular weight is 369 g/mol. The van der Waals surface area contributed by atoms with Crippen molar-refractivity contribution in [3.05, 3.63) is 69.8 Å². The highest BCUT2D eigenvalue weighted by Crippen LogP contribution is 2.14. The van der Waals surface area contributed by atoms with Gasteiger partial charge in [-0.1, -0.05) is 30.3 Å². The summed E-state index contributed by atoms with van der Waals surface area (Å²) in [5.74, 6) is 0.117. The molecule has 0 aliphatic rings. The third-order valence-electron chi connectivity index (χ3n) is 3.56. The quantitative estimate of drug-likeness (QED) is 0.566. The number of benzene rings is 1. The fraction of sp³-hybridized carbons (Fsp3) is 0.263. The number of ether oxygens (including phenoxy) is 2. The number of carbonyl (C=O) groups is 1. The van der Waals surface area contributed by atoms with Crippen LogP contribution in [-0.2, 0) is 24.2 Å². The van der Waals surface area contributed by atoms with Crippen LogP contribution in [0.3, 0.4) is 0 Å². The van der Waals surface area contributed by atoms with Gasteiger partial charge in [-0.25, -0.2) is 9.78 Å². The van der Waals surface area contributed by atoms with Crippen molar-refractivity contribution in [3.63, 3.8) is 0 Å². The van der Waals surface area contributed by atoms with Gasteiger partial charge in [-0.2, -0.15) is 5.10 Å². The average Bonchev–Trinajstić information content (AvgIpc) is 3.16. The van der Waals surface area contributed by atoms with E-state index in [0.717, 1.165) is 16.3 Å². The van der Waals surface area contributed by atoms with E-state index < -0.39 is 0 Å².